The van der Waals surface area contributed by atoms with Gasteiger partial charge in [0.2, 0.25) is 0 Å². The number of aryl methyl sites for hydroxylation is 2. The van der Waals surface area contributed by atoms with Crippen molar-refractivity contribution >= 4 is 23.6 Å². The molecule has 3 aromatic rings. The second-order valence-corrected chi connectivity index (χ2v) is 10.9. The molecule has 0 aliphatic heterocycles. The number of anilines is 1. The average molecular weight is 572 g/mol. The second kappa shape index (κ2) is 13.6. The number of carbonyl (C=O) groups is 3. The number of terminal acetylenes is 1. The van der Waals surface area contributed by atoms with Crippen molar-refractivity contribution in [2.24, 2.45) is 0 Å². The summed E-state index contributed by atoms with van der Waals surface area (Å²) in [6.07, 6.45) is 5.14. The number of nitrogens with one attached hydrogen (secondary N) is 2. The molecule has 0 bridgehead atoms. The number of carbonyl (C=O) groups excluding carboxylic acids is 3. The first-order chi connectivity index (χ1) is 19.8. The lowest BCUT2D eigenvalue weighted by molar-refractivity contribution is -0.136. The van der Waals surface area contributed by atoms with E-state index in [1.54, 1.807) is 64.3 Å². The molecule has 2 unspecified atom stereocenters. The van der Waals surface area contributed by atoms with Gasteiger partial charge < -0.3 is 25.2 Å². The molecule has 42 heavy (non-hydrogen) atoms. The van der Waals surface area contributed by atoms with Crippen LogP contribution < -0.4 is 15.4 Å². The molecule has 3 N–H and O–H groups in total. The first-order valence-electron chi connectivity index (χ1n) is 13.4. The van der Waals surface area contributed by atoms with Gasteiger partial charge in [-0.1, -0.05) is 42.3 Å². The molecule has 0 saturated heterocycles. The molecule has 9 nitrogen and oxygen atoms in total. The molecule has 0 spiro atoms. The fourth-order valence-electron chi connectivity index (χ4n) is 4.29. The van der Waals surface area contributed by atoms with Crippen molar-refractivity contribution in [2.75, 3.05) is 12.4 Å². The molecule has 0 aromatic heterocycles. The molecule has 3 amide bonds. The van der Waals surface area contributed by atoms with E-state index in [2.05, 4.69) is 16.7 Å². The van der Waals surface area contributed by atoms with E-state index in [0.29, 0.717) is 22.6 Å². The van der Waals surface area contributed by atoms with Gasteiger partial charge in [-0.2, -0.15) is 0 Å². The van der Waals surface area contributed by atoms with E-state index in [4.69, 9.17) is 15.9 Å². The highest BCUT2D eigenvalue weighted by Gasteiger charge is 2.37. The number of rotatable bonds is 9. The van der Waals surface area contributed by atoms with Crippen LogP contribution in [0.3, 0.4) is 0 Å². The Labute approximate surface area is 246 Å². The Kier molecular flexibility index (Phi) is 10.2. The van der Waals surface area contributed by atoms with Crippen LogP contribution in [0.2, 0.25) is 0 Å². The number of phenolic OH excluding ortho intramolecular Hbond substituents is 1. The third kappa shape index (κ3) is 8.51. The van der Waals surface area contributed by atoms with Gasteiger partial charge in [0.15, 0.2) is 0 Å². The van der Waals surface area contributed by atoms with Gasteiger partial charge in [0.1, 0.15) is 29.2 Å². The summed E-state index contributed by atoms with van der Waals surface area (Å²) in [5, 5.41) is 15.2. The van der Waals surface area contributed by atoms with Gasteiger partial charge in [-0.05, 0) is 87.7 Å². The minimum atomic E-state index is -1.23. The molecule has 3 aromatic carbocycles. The Bertz CT molecular complexity index is 1450. The Balaban J connectivity index is 2.04. The van der Waals surface area contributed by atoms with Gasteiger partial charge in [-0.25, -0.2) is 4.79 Å². The number of ether oxygens (including phenoxy) is 2. The zero-order valence-corrected chi connectivity index (χ0v) is 24.7. The van der Waals surface area contributed by atoms with Crippen LogP contribution in [0.25, 0.3) is 0 Å². The van der Waals surface area contributed by atoms with Gasteiger partial charge in [0, 0.05) is 18.2 Å². The molecule has 0 fully saturated rings. The summed E-state index contributed by atoms with van der Waals surface area (Å²) in [5.74, 6) is -0.560. The van der Waals surface area contributed by atoms with E-state index < -0.39 is 35.6 Å². The van der Waals surface area contributed by atoms with Crippen LogP contribution in [-0.4, -0.2) is 46.7 Å². The molecular formula is C33H37N3O6. The number of aromatic hydroxyl groups is 1. The van der Waals surface area contributed by atoms with Crippen molar-refractivity contribution in [1.82, 2.24) is 10.2 Å². The summed E-state index contributed by atoms with van der Waals surface area (Å²) in [7, 11) is 1.54. The quantitative estimate of drug-likeness (QED) is 0.239. The molecule has 0 aliphatic carbocycles. The van der Waals surface area contributed by atoms with Crippen molar-refractivity contribution in [2.45, 2.75) is 58.7 Å². The molecule has 0 radical (unpaired) electrons. The van der Waals surface area contributed by atoms with E-state index in [1.807, 2.05) is 32.0 Å². The summed E-state index contributed by atoms with van der Waals surface area (Å²) in [5.41, 5.74) is 2.46. The zero-order chi connectivity index (χ0) is 31.0. The molecule has 3 rings (SSSR count). The monoisotopic (exact) mass is 571 g/mol. The number of alkyl carbamates (subject to hydrolysis) is 1. The highest BCUT2D eigenvalue weighted by Crippen LogP contribution is 2.28. The van der Waals surface area contributed by atoms with Crippen LogP contribution in [-0.2, 0) is 20.7 Å². The van der Waals surface area contributed by atoms with Crippen LogP contribution in [0.5, 0.6) is 11.5 Å². The van der Waals surface area contributed by atoms with Crippen molar-refractivity contribution < 1.29 is 29.0 Å². The zero-order valence-electron chi connectivity index (χ0n) is 24.7. The minimum Gasteiger partial charge on any atom is -0.508 e. The van der Waals surface area contributed by atoms with E-state index in [-0.39, 0.29) is 12.2 Å². The van der Waals surface area contributed by atoms with Gasteiger partial charge in [-0.3, -0.25) is 14.5 Å². The summed E-state index contributed by atoms with van der Waals surface area (Å²) < 4.78 is 10.6. The smallest absolute Gasteiger partial charge is 0.408 e. The molecule has 0 saturated carbocycles. The topological polar surface area (TPSA) is 117 Å². The van der Waals surface area contributed by atoms with Crippen molar-refractivity contribution in [3.8, 4) is 24.0 Å². The Hall–Kier alpha value is -4.97. The van der Waals surface area contributed by atoms with Gasteiger partial charge >= 0.3 is 6.09 Å². The number of amides is 3. The van der Waals surface area contributed by atoms with Gasteiger partial charge in [-0.15, -0.1) is 0 Å². The Morgan fingerprint density at radius 3 is 2.21 bits per heavy atom. The SMILES string of the molecule is C#CN(C(=O)C(Cc1ccc(O)cc1)NC(=O)OC(C)(C)C)C(C(=O)Nc1ccc(OC)cc1)c1cc(C)ccc1C. The number of nitrogens with zero attached hydrogens (tertiary/aromatic N) is 1. The van der Waals surface area contributed by atoms with Gasteiger partial charge in [0.25, 0.3) is 11.8 Å². The number of hydrogen-bond acceptors (Lipinski definition) is 6. The maximum atomic E-state index is 14.2. The molecule has 220 valence electrons. The highest BCUT2D eigenvalue weighted by atomic mass is 16.6. The van der Waals surface area contributed by atoms with Crippen molar-refractivity contribution in [3.63, 3.8) is 0 Å². The molecular weight excluding hydrogens is 534 g/mol. The largest absolute Gasteiger partial charge is 0.508 e. The second-order valence-electron chi connectivity index (χ2n) is 10.9. The normalized spacial score (nSPS) is 12.3. The van der Waals surface area contributed by atoms with E-state index in [1.165, 1.54) is 12.1 Å². The standard InChI is InChI=1S/C33H37N3O6/c1-8-36(31(39)28(35-32(40)42-33(4,5)6)20-23-11-15-25(37)16-12-23)29(27-19-21(2)9-10-22(27)3)30(38)34-24-13-17-26(41-7)18-14-24/h1,9-19,28-29,37H,20H2,2-7H3,(H,34,38)(H,35,40). The maximum Gasteiger partial charge on any atom is 0.408 e. The molecule has 2 atom stereocenters. The predicted molar refractivity (Wildman–Crippen MR) is 161 cm³/mol. The lowest BCUT2D eigenvalue weighted by Gasteiger charge is -2.31. The summed E-state index contributed by atoms with van der Waals surface area (Å²) in [4.78, 5) is 41.9. The van der Waals surface area contributed by atoms with Crippen LogP contribution in [0, 0.1) is 26.3 Å². The first kappa shape index (κ1) is 31.6. The van der Waals surface area contributed by atoms with E-state index in [9.17, 15) is 19.5 Å². The first-order valence-corrected chi connectivity index (χ1v) is 13.4. The molecule has 0 aliphatic rings. The Morgan fingerprint density at radius 1 is 1.00 bits per heavy atom. The molecule has 9 heteroatoms. The van der Waals surface area contributed by atoms with E-state index >= 15 is 0 Å². The van der Waals surface area contributed by atoms with Crippen LogP contribution in [0.15, 0.2) is 66.7 Å². The highest BCUT2D eigenvalue weighted by molar-refractivity contribution is 6.00. The van der Waals surface area contributed by atoms with Crippen LogP contribution >= 0.6 is 0 Å². The minimum absolute atomic E-state index is 0.0240. The number of benzene rings is 3. The lowest BCUT2D eigenvalue weighted by Crippen LogP contribution is -2.51. The third-order valence-corrected chi connectivity index (χ3v) is 6.34. The third-order valence-electron chi connectivity index (χ3n) is 6.34. The fourth-order valence-corrected chi connectivity index (χ4v) is 4.29. The van der Waals surface area contributed by atoms with E-state index in [0.717, 1.165) is 16.0 Å². The summed E-state index contributed by atoms with van der Waals surface area (Å²) >= 11 is 0. The maximum absolute atomic E-state index is 14.2. The van der Waals surface area contributed by atoms with Crippen molar-refractivity contribution in [3.05, 3.63) is 89.0 Å². The fraction of sp³-hybridized carbons (Fsp3) is 0.303. The summed E-state index contributed by atoms with van der Waals surface area (Å²) in [6, 6.07) is 18.5. The lowest BCUT2D eigenvalue weighted by atomic mass is 9.95. The Morgan fingerprint density at radius 2 is 1.64 bits per heavy atom. The number of phenols is 1. The summed E-state index contributed by atoms with van der Waals surface area (Å²) in [6.45, 7) is 8.82. The van der Waals surface area contributed by atoms with Crippen molar-refractivity contribution in [1.29, 1.82) is 0 Å². The predicted octanol–water partition coefficient (Wildman–Crippen LogP) is 5.25. The molecule has 0 heterocycles. The van der Waals surface area contributed by atoms with Crippen LogP contribution in [0.4, 0.5) is 10.5 Å². The van der Waals surface area contributed by atoms with Gasteiger partial charge in [0.05, 0.1) is 7.11 Å². The average Bonchev–Trinajstić information content (AvgIpc) is 2.93. The number of hydrogen-bond donors (Lipinski definition) is 3. The number of methoxy groups -OCH3 is 1. The van der Waals surface area contributed by atoms with Crippen LogP contribution in [0.1, 0.15) is 49.1 Å².